The summed E-state index contributed by atoms with van der Waals surface area (Å²) < 4.78 is 5.09. The minimum atomic E-state index is -0.145. The molecule has 0 aromatic rings. The average molecular weight is 239 g/mol. The van der Waals surface area contributed by atoms with Crippen LogP contribution in [0.2, 0.25) is 0 Å². The minimum absolute atomic E-state index is 0.0846. The number of piperidine rings is 1. The summed E-state index contributed by atoms with van der Waals surface area (Å²) in [5, 5.41) is 9.31. The van der Waals surface area contributed by atoms with Gasteiger partial charge in [0.15, 0.2) is 0 Å². The predicted molar refractivity (Wildman–Crippen MR) is 65.3 cm³/mol. The first-order chi connectivity index (χ1) is 8.11. The number of amides is 1. The lowest BCUT2D eigenvalue weighted by molar-refractivity contribution is -0.136. The number of nitrogens with zero attached hydrogens (tertiary/aromatic N) is 1. The van der Waals surface area contributed by atoms with Crippen molar-refractivity contribution in [3.8, 4) is 12.3 Å². The van der Waals surface area contributed by atoms with Crippen LogP contribution < -0.4 is 0 Å². The van der Waals surface area contributed by atoms with Crippen LogP contribution in [-0.2, 0) is 9.53 Å². The van der Waals surface area contributed by atoms with Crippen LogP contribution >= 0.6 is 0 Å². The van der Waals surface area contributed by atoms with E-state index in [0.29, 0.717) is 19.6 Å². The fourth-order valence-electron chi connectivity index (χ4n) is 2.11. The summed E-state index contributed by atoms with van der Waals surface area (Å²) in [4.78, 5) is 13.7. The molecule has 1 unspecified atom stereocenters. The Kier molecular flexibility index (Phi) is 5.46. The van der Waals surface area contributed by atoms with Crippen molar-refractivity contribution < 1.29 is 14.6 Å². The molecular formula is C13H21NO3. The molecule has 0 radical (unpaired) electrons. The highest BCUT2D eigenvalue weighted by atomic mass is 16.5. The van der Waals surface area contributed by atoms with Gasteiger partial charge in [0.05, 0.1) is 19.6 Å². The molecule has 0 aromatic heterocycles. The van der Waals surface area contributed by atoms with Crippen LogP contribution in [0.15, 0.2) is 0 Å². The molecule has 4 heteroatoms. The first-order valence-electron chi connectivity index (χ1n) is 6.01. The van der Waals surface area contributed by atoms with E-state index >= 15 is 0 Å². The van der Waals surface area contributed by atoms with Crippen LogP contribution in [0.25, 0.3) is 0 Å². The van der Waals surface area contributed by atoms with E-state index in [0.717, 1.165) is 19.4 Å². The van der Waals surface area contributed by atoms with Gasteiger partial charge in [-0.05, 0) is 12.8 Å². The van der Waals surface area contributed by atoms with Crippen molar-refractivity contribution in [2.75, 3.05) is 32.9 Å². The minimum Gasteiger partial charge on any atom is -0.396 e. The normalized spacial score (nSPS) is 24.4. The van der Waals surface area contributed by atoms with E-state index < -0.39 is 0 Å². The summed E-state index contributed by atoms with van der Waals surface area (Å²) in [5.41, 5.74) is -0.145. The van der Waals surface area contributed by atoms with Gasteiger partial charge >= 0.3 is 0 Å². The number of carbonyl (C=O) groups is 1. The second kappa shape index (κ2) is 6.63. The Hall–Kier alpha value is -1.05. The van der Waals surface area contributed by atoms with Crippen LogP contribution in [0.1, 0.15) is 26.2 Å². The van der Waals surface area contributed by atoms with E-state index in [9.17, 15) is 9.90 Å². The molecule has 1 amide bonds. The monoisotopic (exact) mass is 239 g/mol. The van der Waals surface area contributed by atoms with Crippen LogP contribution in [0.3, 0.4) is 0 Å². The van der Waals surface area contributed by atoms with E-state index in [4.69, 9.17) is 11.2 Å². The number of likely N-dealkylation sites (tertiary alicyclic amines) is 1. The molecule has 1 fully saturated rings. The number of hydrogen-bond acceptors (Lipinski definition) is 3. The molecule has 0 saturated carbocycles. The molecule has 0 spiro atoms. The number of aliphatic hydroxyl groups is 1. The Bertz CT molecular complexity index is 298. The number of terminal acetylenes is 1. The first-order valence-corrected chi connectivity index (χ1v) is 6.01. The third-order valence-electron chi connectivity index (χ3n) is 3.16. The van der Waals surface area contributed by atoms with Crippen molar-refractivity contribution in [2.24, 2.45) is 5.41 Å². The van der Waals surface area contributed by atoms with E-state index in [1.165, 1.54) is 0 Å². The van der Waals surface area contributed by atoms with Gasteiger partial charge in [0, 0.05) is 18.5 Å². The zero-order chi connectivity index (χ0) is 12.7. The van der Waals surface area contributed by atoms with Crippen LogP contribution in [0, 0.1) is 17.8 Å². The van der Waals surface area contributed by atoms with E-state index in [1.54, 1.807) is 0 Å². The van der Waals surface area contributed by atoms with Crippen molar-refractivity contribution >= 4 is 5.91 Å². The number of ether oxygens (including phenoxy) is 1. The van der Waals surface area contributed by atoms with Crippen LogP contribution in [0.4, 0.5) is 0 Å². The molecule has 1 aliphatic heterocycles. The molecule has 1 rings (SSSR count). The fourth-order valence-corrected chi connectivity index (χ4v) is 2.11. The van der Waals surface area contributed by atoms with Gasteiger partial charge in [-0.2, -0.15) is 0 Å². The third kappa shape index (κ3) is 4.37. The molecule has 1 heterocycles. The van der Waals surface area contributed by atoms with Crippen molar-refractivity contribution in [3.63, 3.8) is 0 Å². The first kappa shape index (κ1) is 14.0. The lowest BCUT2D eigenvalue weighted by Crippen LogP contribution is -2.46. The lowest BCUT2D eigenvalue weighted by atomic mass is 9.83. The Morgan fingerprint density at radius 2 is 2.41 bits per heavy atom. The molecular weight excluding hydrogens is 218 g/mol. The highest BCUT2D eigenvalue weighted by molar-refractivity contribution is 5.76. The van der Waals surface area contributed by atoms with Gasteiger partial charge in [0.25, 0.3) is 0 Å². The SMILES string of the molecule is C#CCOCCC(=O)N1CCCC(C)(CO)C1. The lowest BCUT2D eigenvalue weighted by Gasteiger charge is -2.39. The Morgan fingerprint density at radius 1 is 1.65 bits per heavy atom. The number of rotatable bonds is 5. The highest BCUT2D eigenvalue weighted by Gasteiger charge is 2.32. The van der Waals surface area contributed by atoms with Gasteiger partial charge in [-0.1, -0.05) is 12.8 Å². The molecule has 0 aromatic carbocycles. The Morgan fingerprint density at radius 3 is 3.06 bits per heavy atom. The zero-order valence-electron chi connectivity index (χ0n) is 10.4. The molecule has 1 saturated heterocycles. The van der Waals surface area contributed by atoms with E-state index in [1.807, 2.05) is 11.8 Å². The van der Waals surface area contributed by atoms with Gasteiger partial charge in [-0.3, -0.25) is 4.79 Å². The zero-order valence-corrected chi connectivity index (χ0v) is 10.4. The Labute approximate surface area is 103 Å². The van der Waals surface area contributed by atoms with Crippen molar-refractivity contribution in [3.05, 3.63) is 0 Å². The maximum Gasteiger partial charge on any atom is 0.224 e. The molecule has 1 aliphatic rings. The molecule has 1 atom stereocenters. The molecule has 1 N–H and O–H groups in total. The number of aliphatic hydroxyl groups excluding tert-OH is 1. The summed E-state index contributed by atoms with van der Waals surface area (Å²) in [7, 11) is 0. The van der Waals surface area contributed by atoms with E-state index in [2.05, 4.69) is 5.92 Å². The summed E-state index contributed by atoms with van der Waals surface area (Å²) >= 11 is 0. The standard InChI is InChI=1S/C13H21NO3/c1-3-8-17-9-5-12(16)14-7-4-6-13(2,10-14)11-15/h1,15H,4-11H2,2H3. The second-order valence-corrected chi connectivity index (χ2v) is 4.89. The van der Waals surface area contributed by atoms with Crippen LogP contribution in [-0.4, -0.2) is 48.8 Å². The topological polar surface area (TPSA) is 49.8 Å². The van der Waals surface area contributed by atoms with Gasteiger partial charge in [-0.15, -0.1) is 6.42 Å². The van der Waals surface area contributed by atoms with Crippen molar-refractivity contribution in [1.82, 2.24) is 4.90 Å². The largest absolute Gasteiger partial charge is 0.396 e. The molecule has 0 aliphatic carbocycles. The average Bonchev–Trinajstić information content (AvgIpc) is 2.34. The summed E-state index contributed by atoms with van der Waals surface area (Å²) in [6.07, 6.45) is 7.33. The summed E-state index contributed by atoms with van der Waals surface area (Å²) in [5.74, 6) is 2.45. The highest BCUT2D eigenvalue weighted by Crippen LogP contribution is 2.28. The van der Waals surface area contributed by atoms with Gasteiger partial charge < -0.3 is 14.7 Å². The predicted octanol–water partition coefficient (Wildman–Crippen LogP) is 0.647. The molecule has 4 nitrogen and oxygen atoms in total. The third-order valence-corrected chi connectivity index (χ3v) is 3.16. The van der Waals surface area contributed by atoms with Gasteiger partial charge in [-0.25, -0.2) is 0 Å². The summed E-state index contributed by atoms with van der Waals surface area (Å²) in [6, 6.07) is 0. The van der Waals surface area contributed by atoms with E-state index in [-0.39, 0.29) is 24.5 Å². The van der Waals surface area contributed by atoms with Gasteiger partial charge in [0.1, 0.15) is 6.61 Å². The fraction of sp³-hybridized carbons (Fsp3) is 0.769. The maximum absolute atomic E-state index is 11.9. The smallest absolute Gasteiger partial charge is 0.224 e. The van der Waals surface area contributed by atoms with Gasteiger partial charge in [0.2, 0.25) is 5.91 Å². The maximum atomic E-state index is 11.9. The summed E-state index contributed by atoms with van der Waals surface area (Å²) in [6.45, 7) is 4.18. The Balaban J connectivity index is 2.34. The number of carbonyl (C=O) groups excluding carboxylic acids is 1. The molecule has 0 bridgehead atoms. The second-order valence-electron chi connectivity index (χ2n) is 4.89. The van der Waals surface area contributed by atoms with Crippen LogP contribution in [0.5, 0.6) is 0 Å². The quantitative estimate of drug-likeness (QED) is 0.566. The van der Waals surface area contributed by atoms with Crippen molar-refractivity contribution in [1.29, 1.82) is 0 Å². The number of hydrogen-bond donors (Lipinski definition) is 1. The van der Waals surface area contributed by atoms with Crippen molar-refractivity contribution in [2.45, 2.75) is 26.2 Å². The molecule has 96 valence electrons. The molecule has 17 heavy (non-hydrogen) atoms.